The molecule has 7 nitrogen and oxygen atoms in total. The lowest BCUT2D eigenvalue weighted by Crippen LogP contribution is -2.45. The van der Waals surface area contributed by atoms with E-state index in [4.69, 9.17) is 0 Å². The fourth-order valence-corrected chi connectivity index (χ4v) is 3.89. The van der Waals surface area contributed by atoms with E-state index in [1.807, 2.05) is 13.0 Å². The third-order valence-electron chi connectivity index (χ3n) is 5.82. The Bertz CT molecular complexity index is 1230. The average Bonchev–Trinajstić information content (AvgIpc) is 2.78. The standard InChI is InChI=1S/C24H25F4N5O2/c1-15-19-13-17(5-7-21(19)31-23(29-15)33-11-9-32(2)10-12-33)30-22(34)8-4-16-3-6-18(14-20(16)25)35-24(26,27)28/h3,5-7,13-14H,4,8-12H2,1-2H3,(H,30,34). The van der Waals surface area contributed by atoms with Crippen molar-refractivity contribution in [2.24, 2.45) is 0 Å². The molecule has 0 aliphatic carbocycles. The molecule has 0 bridgehead atoms. The Kier molecular flexibility index (Phi) is 7.06. The maximum Gasteiger partial charge on any atom is 0.573 e. The Morgan fingerprint density at radius 1 is 1.09 bits per heavy atom. The zero-order valence-corrected chi connectivity index (χ0v) is 19.3. The summed E-state index contributed by atoms with van der Waals surface area (Å²) in [7, 11) is 2.08. The monoisotopic (exact) mass is 491 g/mol. The number of carbonyl (C=O) groups excluding carboxylic acids is 1. The highest BCUT2D eigenvalue weighted by Gasteiger charge is 2.31. The number of ether oxygens (including phenoxy) is 1. The van der Waals surface area contributed by atoms with E-state index >= 15 is 0 Å². The number of carbonyl (C=O) groups is 1. The van der Waals surface area contributed by atoms with Crippen LogP contribution in [0.3, 0.4) is 0 Å². The van der Waals surface area contributed by atoms with Crippen molar-refractivity contribution in [1.82, 2.24) is 14.9 Å². The van der Waals surface area contributed by atoms with Crippen molar-refractivity contribution in [3.8, 4) is 5.75 Å². The van der Waals surface area contributed by atoms with Crippen LogP contribution in [0.1, 0.15) is 17.7 Å². The van der Waals surface area contributed by atoms with Crippen LogP contribution in [-0.4, -0.2) is 60.4 Å². The van der Waals surface area contributed by atoms with E-state index in [2.05, 4.69) is 36.9 Å². The molecule has 35 heavy (non-hydrogen) atoms. The summed E-state index contributed by atoms with van der Waals surface area (Å²) in [6.45, 7) is 5.49. The maximum atomic E-state index is 14.1. The smallest absolute Gasteiger partial charge is 0.406 e. The number of nitrogens with one attached hydrogen (secondary N) is 1. The first-order chi connectivity index (χ1) is 16.6. The summed E-state index contributed by atoms with van der Waals surface area (Å²) in [6, 6.07) is 8.21. The van der Waals surface area contributed by atoms with Crippen LogP contribution in [0.4, 0.5) is 29.2 Å². The summed E-state index contributed by atoms with van der Waals surface area (Å²) >= 11 is 0. The van der Waals surface area contributed by atoms with Gasteiger partial charge in [0.2, 0.25) is 11.9 Å². The van der Waals surface area contributed by atoms with Gasteiger partial charge in [-0.15, -0.1) is 13.2 Å². The summed E-state index contributed by atoms with van der Waals surface area (Å²) in [5.74, 6) is -1.18. The van der Waals surface area contributed by atoms with Crippen LogP contribution in [0.5, 0.6) is 5.75 Å². The Labute approximate surface area is 199 Å². The molecule has 4 rings (SSSR count). The van der Waals surface area contributed by atoms with Gasteiger partial charge in [0.1, 0.15) is 11.6 Å². The maximum absolute atomic E-state index is 14.1. The van der Waals surface area contributed by atoms with Gasteiger partial charge in [-0.1, -0.05) is 6.07 Å². The number of likely N-dealkylation sites (N-methyl/N-ethyl adjacent to an activating group) is 1. The van der Waals surface area contributed by atoms with Gasteiger partial charge >= 0.3 is 6.36 Å². The number of halogens is 4. The van der Waals surface area contributed by atoms with Gasteiger partial charge in [-0.25, -0.2) is 14.4 Å². The molecule has 2 heterocycles. The number of rotatable bonds is 6. The largest absolute Gasteiger partial charge is 0.573 e. The number of amides is 1. The van der Waals surface area contributed by atoms with E-state index in [1.54, 1.807) is 12.1 Å². The molecule has 0 unspecified atom stereocenters. The molecule has 1 amide bonds. The van der Waals surface area contributed by atoms with Crippen molar-refractivity contribution in [3.05, 3.63) is 53.5 Å². The average molecular weight is 491 g/mol. The Hall–Kier alpha value is -3.47. The Balaban J connectivity index is 1.39. The van der Waals surface area contributed by atoms with Crippen LogP contribution in [0.25, 0.3) is 10.9 Å². The van der Waals surface area contributed by atoms with Gasteiger partial charge < -0.3 is 19.9 Å². The molecule has 3 aromatic rings. The van der Waals surface area contributed by atoms with Crippen molar-refractivity contribution in [1.29, 1.82) is 0 Å². The summed E-state index contributed by atoms with van der Waals surface area (Å²) in [4.78, 5) is 26.1. The zero-order valence-electron chi connectivity index (χ0n) is 19.3. The molecule has 0 spiro atoms. The first-order valence-corrected chi connectivity index (χ1v) is 11.1. The lowest BCUT2D eigenvalue weighted by molar-refractivity contribution is -0.274. The fourth-order valence-electron chi connectivity index (χ4n) is 3.89. The minimum absolute atomic E-state index is 0.0219. The van der Waals surface area contributed by atoms with Crippen molar-refractivity contribution in [2.45, 2.75) is 26.1 Å². The predicted octanol–water partition coefficient (Wildman–Crippen LogP) is 4.30. The highest BCUT2D eigenvalue weighted by molar-refractivity contribution is 5.94. The number of piperazine rings is 1. The van der Waals surface area contributed by atoms with Crippen molar-refractivity contribution >= 4 is 28.4 Å². The van der Waals surface area contributed by atoms with Gasteiger partial charge in [-0.05, 0) is 50.2 Å². The molecular weight excluding hydrogens is 466 g/mol. The quantitative estimate of drug-likeness (QED) is 0.519. The molecule has 186 valence electrons. The molecular formula is C24H25F4N5O2. The molecule has 1 aliphatic heterocycles. The van der Waals surface area contributed by atoms with Gasteiger partial charge in [0.25, 0.3) is 0 Å². The van der Waals surface area contributed by atoms with Crippen molar-refractivity contribution in [3.63, 3.8) is 0 Å². The lowest BCUT2D eigenvalue weighted by Gasteiger charge is -2.32. The first kappa shape index (κ1) is 24.6. The number of fused-ring (bicyclic) bond motifs is 1. The number of aryl methyl sites for hydroxylation is 2. The summed E-state index contributed by atoms with van der Waals surface area (Å²) < 4.78 is 54.6. The summed E-state index contributed by atoms with van der Waals surface area (Å²) in [5.41, 5.74) is 2.24. The number of benzene rings is 2. The molecule has 1 N–H and O–H groups in total. The number of anilines is 2. The second kappa shape index (κ2) is 10.0. The third kappa shape index (κ3) is 6.36. The minimum Gasteiger partial charge on any atom is -0.406 e. The van der Waals surface area contributed by atoms with Crippen LogP contribution in [0, 0.1) is 12.7 Å². The zero-order chi connectivity index (χ0) is 25.2. The van der Waals surface area contributed by atoms with Gasteiger partial charge in [0.05, 0.1) is 11.2 Å². The molecule has 2 aromatic carbocycles. The van der Waals surface area contributed by atoms with E-state index in [1.165, 1.54) is 6.07 Å². The van der Waals surface area contributed by atoms with E-state index in [0.717, 1.165) is 48.8 Å². The number of alkyl halides is 3. The molecule has 1 saturated heterocycles. The van der Waals surface area contributed by atoms with Gasteiger partial charge in [-0.3, -0.25) is 4.79 Å². The first-order valence-electron chi connectivity index (χ1n) is 11.1. The Morgan fingerprint density at radius 3 is 2.51 bits per heavy atom. The van der Waals surface area contributed by atoms with Crippen LogP contribution >= 0.6 is 0 Å². The highest BCUT2D eigenvalue weighted by Crippen LogP contribution is 2.26. The predicted molar refractivity (Wildman–Crippen MR) is 124 cm³/mol. The third-order valence-corrected chi connectivity index (χ3v) is 5.82. The van der Waals surface area contributed by atoms with Crippen molar-refractivity contribution < 1.29 is 27.1 Å². The topological polar surface area (TPSA) is 70.6 Å². The van der Waals surface area contributed by atoms with Gasteiger partial charge in [-0.2, -0.15) is 0 Å². The minimum atomic E-state index is -4.90. The molecule has 11 heteroatoms. The molecule has 1 fully saturated rings. The summed E-state index contributed by atoms with van der Waals surface area (Å²) in [5, 5.41) is 3.58. The van der Waals surface area contributed by atoms with Crippen LogP contribution in [0.15, 0.2) is 36.4 Å². The van der Waals surface area contributed by atoms with Gasteiger partial charge in [0.15, 0.2) is 0 Å². The number of aromatic nitrogens is 2. The Morgan fingerprint density at radius 2 is 1.83 bits per heavy atom. The highest BCUT2D eigenvalue weighted by atomic mass is 19.4. The molecule has 0 saturated carbocycles. The van der Waals surface area contributed by atoms with Gasteiger partial charge in [0, 0.05) is 49.7 Å². The van der Waals surface area contributed by atoms with Crippen LogP contribution in [0.2, 0.25) is 0 Å². The van der Waals surface area contributed by atoms with Crippen LogP contribution in [-0.2, 0) is 11.2 Å². The van der Waals surface area contributed by atoms with E-state index in [-0.39, 0.29) is 24.3 Å². The second-order valence-corrected chi connectivity index (χ2v) is 8.48. The molecule has 1 aliphatic rings. The molecule has 0 atom stereocenters. The van der Waals surface area contributed by atoms with E-state index < -0.39 is 17.9 Å². The lowest BCUT2D eigenvalue weighted by atomic mass is 10.1. The van der Waals surface area contributed by atoms with Crippen LogP contribution < -0.4 is 15.0 Å². The van der Waals surface area contributed by atoms with E-state index in [9.17, 15) is 22.4 Å². The SMILES string of the molecule is Cc1nc(N2CCN(C)CC2)nc2ccc(NC(=O)CCc3ccc(OC(F)(F)F)cc3F)cc12. The normalized spacial score (nSPS) is 14.9. The molecule has 0 radical (unpaired) electrons. The number of hydrogen-bond acceptors (Lipinski definition) is 6. The molecule has 1 aromatic heterocycles. The summed E-state index contributed by atoms with van der Waals surface area (Å²) in [6.07, 6.45) is -4.93. The van der Waals surface area contributed by atoms with Crippen molar-refractivity contribution in [2.75, 3.05) is 43.4 Å². The number of hydrogen-bond donors (Lipinski definition) is 1. The number of nitrogens with zero attached hydrogens (tertiary/aromatic N) is 4. The fraction of sp³-hybridized carbons (Fsp3) is 0.375. The second-order valence-electron chi connectivity index (χ2n) is 8.48. The van der Waals surface area contributed by atoms with E-state index in [0.29, 0.717) is 17.7 Å².